The molecular weight excluding hydrogens is 160 g/mol. The summed E-state index contributed by atoms with van der Waals surface area (Å²) in [5.41, 5.74) is 11.8. The molecule has 0 fully saturated rings. The van der Waals surface area contributed by atoms with Crippen LogP contribution in [0.25, 0.3) is 0 Å². The molecule has 2 N–H and O–H groups in total. The number of nitrogen functional groups attached to an aromatic ring is 1. The summed E-state index contributed by atoms with van der Waals surface area (Å²) in [5, 5.41) is 0. The van der Waals surface area contributed by atoms with Crippen LogP contribution in [0.5, 0.6) is 0 Å². The first kappa shape index (κ1) is 9.90. The average Bonchev–Trinajstić information content (AvgIpc) is 2.07. The van der Waals surface area contributed by atoms with Gasteiger partial charge in [-0.05, 0) is 43.5 Å². The summed E-state index contributed by atoms with van der Waals surface area (Å²) in [7, 11) is 4.08. The number of nitrogens with zero attached hydrogens (tertiary/aromatic N) is 1. The lowest BCUT2D eigenvalue weighted by molar-refractivity contribution is 1.10. The molecule has 72 valence electrons. The van der Waals surface area contributed by atoms with Crippen LogP contribution >= 0.6 is 0 Å². The van der Waals surface area contributed by atoms with Crippen LogP contribution in [0.1, 0.15) is 16.7 Å². The summed E-state index contributed by atoms with van der Waals surface area (Å²) in [5.74, 6) is 0. The number of benzene rings is 1. The van der Waals surface area contributed by atoms with Gasteiger partial charge >= 0.3 is 0 Å². The van der Waals surface area contributed by atoms with E-state index in [4.69, 9.17) is 5.73 Å². The second-order valence-corrected chi connectivity index (χ2v) is 3.77. The van der Waals surface area contributed by atoms with Crippen molar-refractivity contribution in [3.05, 3.63) is 22.8 Å². The summed E-state index contributed by atoms with van der Waals surface area (Å²) in [6, 6.07) is 2.18. The van der Waals surface area contributed by atoms with Crippen LogP contribution in [0, 0.1) is 20.8 Å². The molecule has 1 rings (SSSR count). The predicted octanol–water partition coefficient (Wildman–Crippen LogP) is 2.26. The summed E-state index contributed by atoms with van der Waals surface area (Å²) >= 11 is 0. The molecule has 0 aromatic heterocycles. The molecule has 0 atom stereocenters. The summed E-state index contributed by atoms with van der Waals surface area (Å²) in [6.07, 6.45) is 0. The summed E-state index contributed by atoms with van der Waals surface area (Å²) in [6.45, 7) is 6.23. The standard InChI is InChI=1S/C11H18N2/c1-7-6-10(13(4)5)9(3)11(12)8(7)2/h6H,12H2,1-5H3. The SMILES string of the molecule is Cc1cc(N(C)C)c(C)c(N)c1C. The predicted molar refractivity (Wildman–Crippen MR) is 59.4 cm³/mol. The van der Waals surface area contributed by atoms with E-state index >= 15 is 0 Å². The third kappa shape index (κ3) is 1.62. The maximum absolute atomic E-state index is 5.99. The van der Waals surface area contributed by atoms with Crippen LogP contribution in [0.2, 0.25) is 0 Å². The average molecular weight is 178 g/mol. The Kier molecular flexibility index (Phi) is 2.50. The highest BCUT2D eigenvalue weighted by Gasteiger charge is 2.08. The smallest absolute Gasteiger partial charge is 0.0414 e. The van der Waals surface area contributed by atoms with Gasteiger partial charge in [-0.1, -0.05) is 0 Å². The molecule has 0 aliphatic heterocycles. The van der Waals surface area contributed by atoms with Gasteiger partial charge in [0, 0.05) is 25.5 Å². The van der Waals surface area contributed by atoms with E-state index in [9.17, 15) is 0 Å². The zero-order valence-electron chi connectivity index (χ0n) is 9.10. The molecular formula is C11H18N2. The first-order chi connectivity index (χ1) is 5.95. The molecule has 13 heavy (non-hydrogen) atoms. The topological polar surface area (TPSA) is 29.3 Å². The van der Waals surface area contributed by atoms with Crippen LogP contribution < -0.4 is 10.6 Å². The Bertz CT molecular complexity index is 327. The van der Waals surface area contributed by atoms with Crippen LogP contribution in [0.4, 0.5) is 11.4 Å². The van der Waals surface area contributed by atoms with E-state index in [0.717, 1.165) is 5.69 Å². The lowest BCUT2D eigenvalue weighted by Crippen LogP contribution is -2.12. The number of anilines is 2. The Hall–Kier alpha value is -1.18. The fourth-order valence-electron chi connectivity index (χ4n) is 1.52. The zero-order valence-corrected chi connectivity index (χ0v) is 9.10. The molecule has 1 aromatic rings. The van der Waals surface area contributed by atoms with Crippen LogP contribution in [-0.2, 0) is 0 Å². The maximum Gasteiger partial charge on any atom is 0.0414 e. The van der Waals surface area contributed by atoms with Crippen LogP contribution in [0.3, 0.4) is 0 Å². The summed E-state index contributed by atoms with van der Waals surface area (Å²) in [4.78, 5) is 2.10. The molecule has 0 unspecified atom stereocenters. The lowest BCUT2D eigenvalue weighted by atomic mass is 10.0. The summed E-state index contributed by atoms with van der Waals surface area (Å²) < 4.78 is 0. The number of hydrogen-bond donors (Lipinski definition) is 1. The molecule has 0 amide bonds. The lowest BCUT2D eigenvalue weighted by Gasteiger charge is -2.19. The van der Waals surface area contributed by atoms with Gasteiger partial charge in [0.1, 0.15) is 0 Å². The number of aryl methyl sites for hydroxylation is 1. The minimum absolute atomic E-state index is 0.920. The van der Waals surface area contributed by atoms with Crippen molar-refractivity contribution < 1.29 is 0 Å². The molecule has 0 bridgehead atoms. The second kappa shape index (κ2) is 3.29. The zero-order chi connectivity index (χ0) is 10.2. The minimum Gasteiger partial charge on any atom is -0.398 e. The molecule has 0 saturated carbocycles. The Morgan fingerprint density at radius 2 is 1.62 bits per heavy atom. The van der Waals surface area contributed by atoms with Crippen molar-refractivity contribution in [1.82, 2.24) is 0 Å². The molecule has 0 spiro atoms. The van der Waals surface area contributed by atoms with E-state index in [1.807, 2.05) is 14.1 Å². The van der Waals surface area contributed by atoms with Crippen molar-refractivity contribution in [2.24, 2.45) is 0 Å². The highest BCUT2D eigenvalue weighted by Crippen LogP contribution is 2.29. The molecule has 0 aliphatic rings. The van der Waals surface area contributed by atoms with E-state index in [2.05, 4.69) is 31.7 Å². The maximum atomic E-state index is 5.99. The molecule has 1 aromatic carbocycles. The molecule has 0 heterocycles. The van der Waals surface area contributed by atoms with Gasteiger partial charge in [-0.15, -0.1) is 0 Å². The number of nitrogens with two attached hydrogens (primary N) is 1. The molecule has 0 saturated heterocycles. The van der Waals surface area contributed by atoms with E-state index < -0.39 is 0 Å². The van der Waals surface area contributed by atoms with Crippen molar-refractivity contribution in [3.63, 3.8) is 0 Å². The van der Waals surface area contributed by atoms with Crippen LogP contribution in [-0.4, -0.2) is 14.1 Å². The van der Waals surface area contributed by atoms with Crippen LogP contribution in [0.15, 0.2) is 6.07 Å². The molecule has 2 heteroatoms. The first-order valence-electron chi connectivity index (χ1n) is 4.48. The van der Waals surface area contributed by atoms with Gasteiger partial charge in [-0.2, -0.15) is 0 Å². The Morgan fingerprint density at radius 1 is 1.08 bits per heavy atom. The second-order valence-electron chi connectivity index (χ2n) is 3.77. The van der Waals surface area contributed by atoms with Gasteiger partial charge in [-0.3, -0.25) is 0 Å². The van der Waals surface area contributed by atoms with E-state index in [1.54, 1.807) is 0 Å². The van der Waals surface area contributed by atoms with Crippen molar-refractivity contribution >= 4 is 11.4 Å². The minimum atomic E-state index is 0.920. The van der Waals surface area contributed by atoms with E-state index in [-0.39, 0.29) is 0 Å². The van der Waals surface area contributed by atoms with Gasteiger partial charge < -0.3 is 10.6 Å². The highest BCUT2D eigenvalue weighted by molar-refractivity contribution is 5.69. The number of rotatable bonds is 1. The Balaban J connectivity index is 3.41. The number of hydrogen-bond acceptors (Lipinski definition) is 2. The van der Waals surface area contributed by atoms with Gasteiger partial charge in [0.25, 0.3) is 0 Å². The van der Waals surface area contributed by atoms with Gasteiger partial charge in [-0.25, -0.2) is 0 Å². The molecule has 0 aliphatic carbocycles. The highest BCUT2D eigenvalue weighted by atomic mass is 15.1. The Morgan fingerprint density at radius 3 is 2.08 bits per heavy atom. The molecule has 2 nitrogen and oxygen atoms in total. The van der Waals surface area contributed by atoms with Crippen molar-refractivity contribution in [2.75, 3.05) is 24.7 Å². The van der Waals surface area contributed by atoms with E-state index in [0.29, 0.717) is 0 Å². The van der Waals surface area contributed by atoms with Gasteiger partial charge in [0.15, 0.2) is 0 Å². The van der Waals surface area contributed by atoms with Crippen molar-refractivity contribution in [3.8, 4) is 0 Å². The van der Waals surface area contributed by atoms with Gasteiger partial charge in [0.2, 0.25) is 0 Å². The third-order valence-electron chi connectivity index (χ3n) is 2.62. The quantitative estimate of drug-likeness (QED) is 0.668. The Labute approximate surface area is 80.4 Å². The first-order valence-corrected chi connectivity index (χ1v) is 4.48. The molecule has 0 radical (unpaired) electrons. The van der Waals surface area contributed by atoms with E-state index in [1.165, 1.54) is 22.4 Å². The monoisotopic (exact) mass is 178 g/mol. The largest absolute Gasteiger partial charge is 0.398 e. The van der Waals surface area contributed by atoms with Crippen molar-refractivity contribution in [2.45, 2.75) is 20.8 Å². The normalized spacial score (nSPS) is 10.2. The fourth-order valence-corrected chi connectivity index (χ4v) is 1.52. The van der Waals surface area contributed by atoms with Crippen molar-refractivity contribution in [1.29, 1.82) is 0 Å². The third-order valence-corrected chi connectivity index (χ3v) is 2.62. The fraction of sp³-hybridized carbons (Fsp3) is 0.455. The van der Waals surface area contributed by atoms with Gasteiger partial charge in [0.05, 0.1) is 0 Å².